The van der Waals surface area contributed by atoms with Crippen molar-refractivity contribution in [3.8, 4) is 0 Å². The molecule has 2 heterocycles. The first kappa shape index (κ1) is 12.5. The molecule has 0 radical (unpaired) electrons. The van der Waals surface area contributed by atoms with Crippen LogP contribution in [-0.4, -0.2) is 34.0 Å². The Morgan fingerprint density at radius 3 is 3.18 bits per heavy atom. The van der Waals surface area contributed by atoms with E-state index in [1.807, 2.05) is 5.38 Å². The summed E-state index contributed by atoms with van der Waals surface area (Å²) in [4.78, 5) is 17.5. The fourth-order valence-corrected chi connectivity index (χ4v) is 3.35. The van der Waals surface area contributed by atoms with Crippen LogP contribution in [-0.2, 0) is 11.2 Å². The van der Waals surface area contributed by atoms with Crippen molar-refractivity contribution in [1.82, 2.24) is 9.88 Å². The van der Waals surface area contributed by atoms with Crippen molar-refractivity contribution < 1.29 is 9.90 Å². The summed E-state index contributed by atoms with van der Waals surface area (Å²) >= 11 is 1.60. The minimum atomic E-state index is -0.808. The fraction of sp³-hybridized carbons (Fsp3) is 0.667. The van der Waals surface area contributed by atoms with Gasteiger partial charge in [0.15, 0.2) is 0 Å². The van der Waals surface area contributed by atoms with Crippen LogP contribution in [0.1, 0.15) is 42.9 Å². The first-order valence-electron chi connectivity index (χ1n) is 6.11. The van der Waals surface area contributed by atoms with E-state index in [1.54, 1.807) is 11.3 Å². The number of thiazole rings is 1. The molecule has 4 nitrogen and oxygen atoms in total. The van der Waals surface area contributed by atoms with Crippen LogP contribution in [0, 0.1) is 0 Å². The number of piperidine rings is 1. The molecular weight excluding hydrogens is 236 g/mol. The molecule has 17 heavy (non-hydrogen) atoms. The second kappa shape index (κ2) is 5.60. The highest BCUT2D eigenvalue weighted by atomic mass is 32.1. The van der Waals surface area contributed by atoms with Gasteiger partial charge in [-0.05, 0) is 25.9 Å². The van der Waals surface area contributed by atoms with Gasteiger partial charge in [0.05, 0.1) is 18.2 Å². The Hall–Kier alpha value is -0.940. The molecule has 0 amide bonds. The Morgan fingerprint density at radius 2 is 2.47 bits per heavy atom. The standard InChI is InChI=1S/C12H18N2O2S/c1-2-14-6-4-3-5-10(14)12-13-9(8-17-12)7-11(15)16/h8,10H,2-7H2,1H3,(H,15,16). The van der Waals surface area contributed by atoms with Crippen molar-refractivity contribution in [2.75, 3.05) is 13.1 Å². The average Bonchev–Trinajstić information content (AvgIpc) is 2.76. The summed E-state index contributed by atoms with van der Waals surface area (Å²) in [5.41, 5.74) is 0.694. The largest absolute Gasteiger partial charge is 0.481 e. The lowest BCUT2D eigenvalue weighted by molar-refractivity contribution is -0.136. The van der Waals surface area contributed by atoms with E-state index >= 15 is 0 Å². The van der Waals surface area contributed by atoms with Gasteiger partial charge in [-0.25, -0.2) is 4.98 Å². The minimum Gasteiger partial charge on any atom is -0.481 e. The normalized spacial score (nSPS) is 21.6. The second-order valence-electron chi connectivity index (χ2n) is 4.39. The molecule has 0 aromatic carbocycles. The first-order valence-corrected chi connectivity index (χ1v) is 6.98. The molecule has 1 N–H and O–H groups in total. The number of hydrogen-bond acceptors (Lipinski definition) is 4. The molecule has 1 aliphatic rings. The molecule has 1 atom stereocenters. The number of aliphatic carboxylic acids is 1. The zero-order chi connectivity index (χ0) is 12.3. The number of carbonyl (C=O) groups is 1. The van der Waals surface area contributed by atoms with Crippen LogP contribution in [0.25, 0.3) is 0 Å². The van der Waals surface area contributed by atoms with Crippen LogP contribution in [0.2, 0.25) is 0 Å². The van der Waals surface area contributed by atoms with Crippen molar-refractivity contribution >= 4 is 17.3 Å². The zero-order valence-corrected chi connectivity index (χ0v) is 10.9. The molecule has 0 bridgehead atoms. The molecule has 0 aliphatic carbocycles. The summed E-state index contributed by atoms with van der Waals surface area (Å²) in [7, 11) is 0. The predicted molar refractivity (Wildman–Crippen MR) is 67.3 cm³/mol. The summed E-state index contributed by atoms with van der Waals surface area (Å²) in [6.45, 7) is 4.34. The van der Waals surface area contributed by atoms with Crippen LogP contribution in [0.15, 0.2) is 5.38 Å². The lowest BCUT2D eigenvalue weighted by atomic mass is 10.0. The monoisotopic (exact) mass is 254 g/mol. The number of aromatic nitrogens is 1. The van der Waals surface area contributed by atoms with Gasteiger partial charge < -0.3 is 5.11 Å². The van der Waals surface area contributed by atoms with E-state index < -0.39 is 5.97 Å². The fourth-order valence-electron chi connectivity index (χ4n) is 2.36. The molecular formula is C12H18N2O2S. The van der Waals surface area contributed by atoms with Crippen molar-refractivity contribution in [3.05, 3.63) is 16.1 Å². The van der Waals surface area contributed by atoms with Crippen molar-refractivity contribution in [1.29, 1.82) is 0 Å². The summed E-state index contributed by atoms with van der Waals surface area (Å²) in [5.74, 6) is -0.808. The highest BCUT2D eigenvalue weighted by Crippen LogP contribution is 2.32. The highest BCUT2D eigenvalue weighted by molar-refractivity contribution is 7.09. The van der Waals surface area contributed by atoms with Crippen LogP contribution in [0.3, 0.4) is 0 Å². The first-order chi connectivity index (χ1) is 8.20. The molecule has 1 unspecified atom stereocenters. The van der Waals surface area contributed by atoms with Crippen LogP contribution in [0.4, 0.5) is 0 Å². The number of hydrogen-bond donors (Lipinski definition) is 1. The van der Waals surface area contributed by atoms with Gasteiger partial charge in [-0.15, -0.1) is 11.3 Å². The van der Waals surface area contributed by atoms with Gasteiger partial charge in [0.25, 0.3) is 0 Å². The summed E-state index contributed by atoms with van der Waals surface area (Å²) in [5, 5.41) is 11.7. The van der Waals surface area contributed by atoms with Crippen molar-refractivity contribution in [3.63, 3.8) is 0 Å². The Kier molecular flexibility index (Phi) is 4.12. The molecule has 0 saturated carbocycles. The Morgan fingerprint density at radius 1 is 1.65 bits per heavy atom. The van der Waals surface area contributed by atoms with Gasteiger partial charge in [-0.3, -0.25) is 9.69 Å². The lowest BCUT2D eigenvalue weighted by Gasteiger charge is -2.33. The van der Waals surface area contributed by atoms with Crippen LogP contribution in [0.5, 0.6) is 0 Å². The van der Waals surface area contributed by atoms with Gasteiger partial charge >= 0.3 is 5.97 Å². The third-order valence-corrected chi connectivity index (χ3v) is 4.20. The number of rotatable bonds is 4. The predicted octanol–water partition coefficient (Wildman–Crippen LogP) is 2.32. The van der Waals surface area contributed by atoms with Gasteiger partial charge in [0, 0.05) is 5.38 Å². The van der Waals surface area contributed by atoms with Crippen molar-refractivity contribution in [2.24, 2.45) is 0 Å². The molecule has 1 saturated heterocycles. The Labute approximate surface area is 105 Å². The number of likely N-dealkylation sites (tertiary alicyclic amines) is 1. The Balaban J connectivity index is 2.09. The third-order valence-electron chi connectivity index (χ3n) is 3.21. The Bertz CT molecular complexity index is 392. The zero-order valence-electron chi connectivity index (χ0n) is 10.1. The van der Waals surface area contributed by atoms with Crippen molar-refractivity contribution in [2.45, 2.75) is 38.6 Å². The van der Waals surface area contributed by atoms with Gasteiger partial charge in [0.1, 0.15) is 5.01 Å². The van der Waals surface area contributed by atoms with E-state index in [0.717, 1.165) is 24.5 Å². The lowest BCUT2D eigenvalue weighted by Crippen LogP contribution is -2.33. The van der Waals surface area contributed by atoms with Crippen LogP contribution < -0.4 is 0 Å². The smallest absolute Gasteiger partial charge is 0.309 e. The molecule has 1 aliphatic heterocycles. The highest BCUT2D eigenvalue weighted by Gasteiger charge is 2.25. The maximum Gasteiger partial charge on any atom is 0.309 e. The third kappa shape index (κ3) is 3.04. The summed E-state index contributed by atoms with van der Waals surface area (Å²) < 4.78 is 0. The molecule has 2 rings (SSSR count). The molecule has 1 fully saturated rings. The molecule has 1 aromatic heterocycles. The molecule has 0 spiro atoms. The maximum absolute atomic E-state index is 10.6. The van der Waals surface area contributed by atoms with E-state index in [2.05, 4.69) is 16.8 Å². The topological polar surface area (TPSA) is 53.4 Å². The van der Waals surface area contributed by atoms with Gasteiger partial charge in [-0.1, -0.05) is 13.3 Å². The van der Waals surface area contributed by atoms with E-state index in [1.165, 1.54) is 12.8 Å². The minimum absolute atomic E-state index is 0.0370. The molecule has 94 valence electrons. The average molecular weight is 254 g/mol. The summed E-state index contributed by atoms with van der Waals surface area (Å²) in [6.07, 6.45) is 3.69. The second-order valence-corrected chi connectivity index (χ2v) is 5.28. The van der Waals surface area contributed by atoms with E-state index in [0.29, 0.717) is 11.7 Å². The van der Waals surface area contributed by atoms with Gasteiger partial charge in [-0.2, -0.15) is 0 Å². The van der Waals surface area contributed by atoms with Crippen LogP contribution >= 0.6 is 11.3 Å². The number of carboxylic acid groups (broad SMARTS) is 1. The molecule has 5 heteroatoms. The number of carboxylic acids is 1. The van der Waals surface area contributed by atoms with E-state index in [9.17, 15) is 4.79 Å². The van der Waals surface area contributed by atoms with Gasteiger partial charge in [0.2, 0.25) is 0 Å². The van der Waals surface area contributed by atoms with E-state index in [-0.39, 0.29) is 6.42 Å². The van der Waals surface area contributed by atoms with E-state index in [4.69, 9.17) is 5.11 Å². The quantitative estimate of drug-likeness (QED) is 0.896. The molecule has 1 aromatic rings. The summed E-state index contributed by atoms with van der Waals surface area (Å²) in [6, 6.07) is 0.404. The maximum atomic E-state index is 10.6. The number of nitrogens with zero attached hydrogens (tertiary/aromatic N) is 2. The SMILES string of the molecule is CCN1CCCCC1c1nc(CC(=O)O)cs1.